The van der Waals surface area contributed by atoms with Gasteiger partial charge in [0.25, 0.3) is 0 Å². The number of methoxy groups -OCH3 is 1. The van der Waals surface area contributed by atoms with E-state index in [-0.39, 0.29) is 12.2 Å². The number of ether oxygens (including phenoxy) is 1. The van der Waals surface area contributed by atoms with Crippen LogP contribution in [0.5, 0.6) is 0 Å². The third kappa shape index (κ3) is 4.74. The molecule has 7 heteroatoms. The van der Waals surface area contributed by atoms with E-state index in [0.717, 1.165) is 12.1 Å². The molecule has 0 aromatic heterocycles. The summed E-state index contributed by atoms with van der Waals surface area (Å²) in [6, 6.07) is 3.50. The fourth-order valence-corrected chi connectivity index (χ4v) is 1.90. The molecule has 3 nitrogen and oxygen atoms in total. The van der Waals surface area contributed by atoms with Crippen molar-refractivity contribution in [3.05, 3.63) is 28.2 Å². The number of carbonyl (C=O) groups excluding carboxylic acids is 1. The second-order valence-corrected chi connectivity index (χ2v) is 4.95. The quantitative estimate of drug-likeness (QED) is 0.850. The summed E-state index contributed by atoms with van der Waals surface area (Å²) in [5, 5.41) is 2.78. The van der Waals surface area contributed by atoms with Crippen LogP contribution >= 0.6 is 15.9 Å². The number of alkyl halides is 3. The Labute approximate surface area is 117 Å². The molecule has 0 bridgehead atoms. The Morgan fingerprint density at radius 2 is 2.05 bits per heavy atom. The van der Waals surface area contributed by atoms with Gasteiger partial charge in [0, 0.05) is 16.7 Å². The first-order chi connectivity index (χ1) is 8.74. The largest absolute Gasteiger partial charge is 0.469 e. The number of hydrogen-bond acceptors (Lipinski definition) is 3. The van der Waals surface area contributed by atoms with Crippen LogP contribution in [0.25, 0.3) is 0 Å². The minimum absolute atomic E-state index is 0.195. The summed E-state index contributed by atoms with van der Waals surface area (Å²) >= 11 is 3.02. The van der Waals surface area contributed by atoms with Crippen LogP contribution in [0.1, 0.15) is 12.5 Å². The Morgan fingerprint density at radius 3 is 2.58 bits per heavy atom. The van der Waals surface area contributed by atoms with Crippen molar-refractivity contribution in [2.45, 2.75) is 13.1 Å². The maximum absolute atomic E-state index is 12.6. The lowest BCUT2D eigenvalue weighted by atomic mass is 10.1. The molecule has 0 saturated heterocycles. The van der Waals surface area contributed by atoms with Gasteiger partial charge in [0.05, 0.1) is 18.6 Å². The lowest BCUT2D eigenvalue weighted by Crippen LogP contribution is -2.21. The van der Waals surface area contributed by atoms with Crippen molar-refractivity contribution in [3.63, 3.8) is 0 Å². The topological polar surface area (TPSA) is 38.3 Å². The van der Waals surface area contributed by atoms with E-state index in [1.807, 2.05) is 0 Å². The number of hydrogen-bond donors (Lipinski definition) is 1. The number of rotatable bonds is 4. The van der Waals surface area contributed by atoms with Crippen molar-refractivity contribution in [1.29, 1.82) is 0 Å². The van der Waals surface area contributed by atoms with Crippen molar-refractivity contribution >= 4 is 27.6 Å². The second-order valence-electron chi connectivity index (χ2n) is 4.03. The van der Waals surface area contributed by atoms with Crippen LogP contribution in [0, 0.1) is 5.92 Å². The minimum Gasteiger partial charge on any atom is -0.469 e. The summed E-state index contributed by atoms with van der Waals surface area (Å²) in [7, 11) is 1.26. The summed E-state index contributed by atoms with van der Waals surface area (Å²) in [6.07, 6.45) is -4.41. The average molecular weight is 340 g/mol. The Balaban J connectivity index is 2.79. The van der Waals surface area contributed by atoms with E-state index in [1.165, 1.54) is 13.2 Å². The summed E-state index contributed by atoms with van der Waals surface area (Å²) in [6.45, 7) is 1.82. The van der Waals surface area contributed by atoms with E-state index in [4.69, 9.17) is 0 Å². The first-order valence-corrected chi connectivity index (χ1v) is 6.23. The third-order valence-corrected chi connectivity index (χ3v) is 2.90. The number of benzene rings is 1. The molecular weight excluding hydrogens is 327 g/mol. The highest BCUT2D eigenvalue weighted by Gasteiger charge is 2.31. The van der Waals surface area contributed by atoms with Gasteiger partial charge in [-0.1, -0.05) is 22.9 Å². The van der Waals surface area contributed by atoms with Crippen molar-refractivity contribution < 1.29 is 22.7 Å². The molecule has 1 rings (SSSR count). The zero-order valence-corrected chi connectivity index (χ0v) is 11.9. The predicted molar refractivity (Wildman–Crippen MR) is 68.8 cm³/mol. The number of esters is 1. The Hall–Kier alpha value is -1.24. The van der Waals surface area contributed by atoms with E-state index in [9.17, 15) is 18.0 Å². The molecule has 1 aromatic rings. The summed E-state index contributed by atoms with van der Waals surface area (Å²) in [4.78, 5) is 11.2. The van der Waals surface area contributed by atoms with Gasteiger partial charge in [-0.25, -0.2) is 0 Å². The molecule has 106 valence electrons. The Bertz CT molecular complexity index is 463. The summed E-state index contributed by atoms with van der Waals surface area (Å²) < 4.78 is 42.7. The van der Waals surface area contributed by atoms with E-state index in [2.05, 4.69) is 26.0 Å². The fourth-order valence-electron chi connectivity index (χ4n) is 1.41. The van der Waals surface area contributed by atoms with E-state index in [0.29, 0.717) is 4.47 Å². The van der Waals surface area contributed by atoms with E-state index in [1.54, 1.807) is 6.92 Å². The van der Waals surface area contributed by atoms with Crippen molar-refractivity contribution in [2.75, 3.05) is 19.0 Å². The Morgan fingerprint density at radius 1 is 1.42 bits per heavy atom. The summed E-state index contributed by atoms with van der Waals surface area (Å²) in [5.41, 5.74) is -0.465. The van der Waals surface area contributed by atoms with Crippen LogP contribution in [0.4, 0.5) is 18.9 Å². The zero-order chi connectivity index (χ0) is 14.6. The zero-order valence-electron chi connectivity index (χ0n) is 10.3. The van der Waals surface area contributed by atoms with Crippen LogP contribution in [-0.2, 0) is 15.7 Å². The highest BCUT2D eigenvalue weighted by molar-refractivity contribution is 9.10. The highest BCUT2D eigenvalue weighted by Crippen LogP contribution is 2.33. The maximum Gasteiger partial charge on any atom is 0.416 e. The molecule has 0 aliphatic carbocycles. The minimum atomic E-state index is -4.41. The van der Waals surface area contributed by atoms with Crippen LogP contribution in [0.15, 0.2) is 22.7 Å². The van der Waals surface area contributed by atoms with Gasteiger partial charge in [-0.3, -0.25) is 4.79 Å². The highest BCUT2D eigenvalue weighted by atomic mass is 79.9. The SMILES string of the molecule is COC(=O)C(C)CNc1cc(Br)cc(C(F)(F)F)c1. The molecule has 0 heterocycles. The summed E-state index contributed by atoms with van der Waals surface area (Å²) in [5.74, 6) is -0.864. The van der Waals surface area contributed by atoms with Gasteiger partial charge in [0.15, 0.2) is 0 Å². The van der Waals surface area contributed by atoms with Gasteiger partial charge in [-0.15, -0.1) is 0 Å². The molecule has 1 atom stereocenters. The fraction of sp³-hybridized carbons (Fsp3) is 0.417. The van der Waals surface area contributed by atoms with Crippen LogP contribution in [-0.4, -0.2) is 19.6 Å². The predicted octanol–water partition coefficient (Wildman–Crippen LogP) is 3.69. The van der Waals surface area contributed by atoms with Gasteiger partial charge < -0.3 is 10.1 Å². The number of halogens is 4. The Kier molecular flexibility index (Phi) is 5.22. The first-order valence-electron chi connectivity index (χ1n) is 5.43. The maximum atomic E-state index is 12.6. The van der Waals surface area contributed by atoms with E-state index < -0.39 is 23.6 Å². The monoisotopic (exact) mass is 339 g/mol. The molecule has 0 radical (unpaired) electrons. The molecular formula is C12H13BrF3NO2. The molecule has 0 spiro atoms. The molecule has 1 aromatic carbocycles. The normalized spacial score (nSPS) is 12.9. The van der Waals surface area contributed by atoms with Crippen molar-refractivity contribution in [2.24, 2.45) is 5.92 Å². The number of carbonyl (C=O) groups is 1. The van der Waals surface area contributed by atoms with Gasteiger partial charge in [0.1, 0.15) is 0 Å². The molecule has 19 heavy (non-hydrogen) atoms. The standard InChI is InChI=1S/C12H13BrF3NO2/c1-7(11(18)19-2)6-17-10-4-8(12(14,15)16)3-9(13)5-10/h3-5,7,17H,6H2,1-2H3. The van der Waals surface area contributed by atoms with Gasteiger partial charge in [0.2, 0.25) is 0 Å². The molecule has 0 fully saturated rings. The van der Waals surface area contributed by atoms with Crippen molar-refractivity contribution in [1.82, 2.24) is 0 Å². The van der Waals surface area contributed by atoms with Gasteiger partial charge in [-0.05, 0) is 18.2 Å². The number of nitrogens with one attached hydrogen (secondary N) is 1. The molecule has 0 amide bonds. The third-order valence-electron chi connectivity index (χ3n) is 2.44. The van der Waals surface area contributed by atoms with Gasteiger partial charge in [-0.2, -0.15) is 13.2 Å². The lowest BCUT2D eigenvalue weighted by Gasteiger charge is -2.14. The number of anilines is 1. The molecule has 0 aliphatic rings. The van der Waals surface area contributed by atoms with Gasteiger partial charge >= 0.3 is 12.1 Å². The smallest absolute Gasteiger partial charge is 0.416 e. The van der Waals surface area contributed by atoms with Crippen LogP contribution in [0.2, 0.25) is 0 Å². The first kappa shape index (κ1) is 15.8. The molecule has 1 N–H and O–H groups in total. The van der Waals surface area contributed by atoms with Crippen molar-refractivity contribution in [3.8, 4) is 0 Å². The molecule has 1 unspecified atom stereocenters. The lowest BCUT2D eigenvalue weighted by molar-refractivity contribution is -0.144. The molecule has 0 saturated carbocycles. The van der Waals surface area contributed by atoms with Crippen LogP contribution < -0.4 is 5.32 Å². The van der Waals surface area contributed by atoms with E-state index >= 15 is 0 Å². The average Bonchev–Trinajstić information content (AvgIpc) is 2.33. The second kappa shape index (κ2) is 6.27. The van der Waals surface area contributed by atoms with Crippen LogP contribution in [0.3, 0.4) is 0 Å². The molecule has 0 aliphatic heterocycles.